The molecule has 0 saturated carbocycles. The standard InChI is InChI=1S/C12H12O.C8H10N2/c1-8(2)12-9(3)10-6-4-5-7-11(10)13-12;1-10-8(9)7-5-3-2-4-6-7/h4-7H,3H2,1-2H3;2-6H,1H3,(H2,9,10). The van der Waals surface area contributed by atoms with Gasteiger partial charge in [0.25, 0.3) is 0 Å². The molecule has 1 aromatic heterocycles. The molecule has 3 heteroatoms. The minimum atomic E-state index is 0.584. The van der Waals surface area contributed by atoms with Gasteiger partial charge in [0.05, 0.1) is 0 Å². The molecule has 23 heavy (non-hydrogen) atoms. The summed E-state index contributed by atoms with van der Waals surface area (Å²) >= 11 is 0. The maximum absolute atomic E-state index is 5.66. The number of nitrogens with two attached hydrogens (primary N) is 1. The second-order valence-electron chi connectivity index (χ2n) is 5.38. The second-order valence-corrected chi connectivity index (χ2v) is 5.38. The van der Waals surface area contributed by atoms with Gasteiger partial charge in [-0.15, -0.1) is 0 Å². The van der Waals surface area contributed by atoms with Crippen LogP contribution in [0.2, 0.25) is 0 Å². The normalized spacial score (nSPS) is 11.0. The Morgan fingerprint density at radius 1 is 1.00 bits per heavy atom. The molecule has 0 amide bonds. The van der Waals surface area contributed by atoms with E-state index in [9.17, 15) is 0 Å². The van der Waals surface area contributed by atoms with Gasteiger partial charge in [-0.1, -0.05) is 55.1 Å². The lowest BCUT2D eigenvalue weighted by Crippen LogP contribution is -2.19. The van der Waals surface area contributed by atoms with Crippen molar-refractivity contribution in [3.05, 3.63) is 70.8 Å². The number of para-hydroxylation sites is 1. The number of hydrogen-bond acceptors (Lipinski definition) is 2. The molecule has 1 heterocycles. The van der Waals surface area contributed by atoms with Gasteiger partial charge in [-0.2, -0.15) is 0 Å². The van der Waals surface area contributed by atoms with Crippen LogP contribution in [-0.4, -0.2) is 12.9 Å². The van der Waals surface area contributed by atoms with Gasteiger partial charge >= 0.3 is 0 Å². The van der Waals surface area contributed by atoms with E-state index in [1.54, 1.807) is 7.05 Å². The van der Waals surface area contributed by atoms with Gasteiger partial charge in [0.2, 0.25) is 0 Å². The molecular formula is C20H22N2O. The van der Waals surface area contributed by atoms with Gasteiger partial charge in [0, 0.05) is 23.2 Å². The van der Waals surface area contributed by atoms with Crippen molar-refractivity contribution in [2.24, 2.45) is 10.7 Å². The van der Waals surface area contributed by atoms with Gasteiger partial charge in [-0.25, -0.2) is 0 Å². The van der Waals surface area contributed by atoms with Crippen LogP contribution in [0.4, 0.5) is 0 Å². The molecule has 0 aliphatic heterocycles. The molecule has 0 atom stereocenters. The first-order chi connectivity index (χ1) is 11.0. The van der Waals surface area contributed by atoms with E-state index in [0.717, 1.165) is 27.2 Å². The van der Waals surface area contributed by atoms with E-state index < -0.39 is 0 Å². The monoisotopic (exact) mass is 306 g/mol. The first kappa shape index (κ1) is 16.6. The molecule has 0 aliphatic carbocycles. The van der Waals surface area contributed by atoms with Gasteiger partial charge in [-0.3, -0.25) is 4.99 Å². The Balaban J connectivity index is 0.000000174. The lowest BCUT2D eigenvalue weighted by molar-refractivity contribution is 0.571. The first-order valence-electron chi connectivity index (χ1n) is 7.46. The quantitative estimate of drug-likeness (QED) is 0.555. The summed E-state index contributed by atoms with van der Waals surface area (Å²) in [7, 11) is 1.68. The first-order valence-corrected chi connectivity index (χ1v) is 7.46. The molecule has 2 N–H and O–H groups in total. The molecule has 0 bridgehead atoms. The smallest absolute Gasteiger partial charge is 0.135 e. The molecule has 2 aromatic carbocycles. The molecule has 0 fully saturated rings. The van der Waals surface area contributed by atoms with Gasteiger partial charge in [-0.05, 0) is 25.5 Å². The highest BCUT2D eigenvalue weighted by atomic mass is 16.3. The van der Waals surface area contributed by atoms with Crippen LogP contribution in [0, 0.1) is 0 Å². The van der Waals surface area contributed by atoms with Crippen LogP contribution < -0.4 is 16.4 Å². The van der Waals surface area contributed by atoms with E-state index >= 15 is 0 Å². The summed E-state index contributed by atoms with van der Waals surface area (Å²) in [6, 6.07) is 17.7. The lowest BCUT2D eigenvalue weighted by Gasteiger charge is -1.95. The van der Waals surface area contributed by atoms with Gasteiger partial charge in [0.1, 0.15) is 16.8 Å². The zero-order valence-electron chi connectivity index (χ0n) is 13.8. The predicted octanol–water partition coefficient (Wildman–Crippen LogP) is 3.06. The number of furan rings is 1. The largest absolute Gasteiger partial charge is 0.456 e. The van der Waals surface area contributed by atoms with Gasteiger partial charge in [0.15, 0.2) is 0 Å². The molecule has 118 valence electrons. The summed E-state index contributed by atoms with van der Waals surface area (Å²) in [4.78, 5) is 3.85. The third-order valence-electron chi connectivity index (χ3n) is 3.46. The van der Waals surface area contributed by atoms with E-state index in [0.29, 0.717) is 5.84 Å². The van der Waals surface area contributed by atoms with Crippen molar-refractivity contribution in [1.29, 1.82) is 0 Å². The van der Waals surface area contributed by atoms with E-state index in [2.05, 4.69) is 11.6 Å². The molecule has 3 rings (SSSR count). The number of amidine groups is 1. The van der Waals surface area contributed by atoms with Crippen LogP contribution in [0.1, 0.15) is 19.4 Å². The molecule has 3 aromatic rings. The SMILES string of the molecule is C=c1c(=C(C)C)oc2ccccc12.CN=C(N)c1ccccc1. The maximum Gasteiger partial charge on any atom is 0.135 e. The topological polar surface area (TPSA) is 51.5 Å². The number of nitrogens with zero attached hydrogens (tertiary/aromatic N) is 1. The average molecular weight is 306 g/mol. The summed E-state index contributed by atoms with van der Waals surface area (Å²) in [5.74, 6) is 0.584. The van der Waals surface area contributed by atoms with E-state index in [1.165, 1.54) is 5.57 Å². The molecular weight excluding hydrogens is 284 g/mol. The maximum atomic E-state index is 5.66. The minimum Gasteiger partial charge on any atom is -0.456 e. The zero-order valence-corrected chi connectivity index (χ0v) is 13.8. The zero-order chi connectivity index (χ0) is 16.8. The highest BCUT2D eigenvalue weighted by Crippen LogP contribution is 2.06. The highest BCUT2D eigenvalue weighted by molar-refractivity contribution is 5.97. The van der Waals surface area contributed by atoms with E-state index in [1.807, 2.05) is 68.4 Å². The Kier molecular flexibility index (Phi) is 5.36. The molecule has 0 spiro atoms. The Bertz CT molecular complexity index is 917. The fourth-order valence-corrected chi connectivity index (χ4v) is 2.24. The van der Waals surface area contributed by atoms with Crippen LogP contribution in [0.15, 0.2) is 64.0 Å². The third-order valence-corrected chi connectivity index (χ3v) is 3.46. The Labute approximate surface area is 136 Å². The summed E-state index contributed by atoms with van der Waals surface area (Å²) in [6.45, 7) is 8.08. The van der Waals surface area contributed by atoms with Crippen LogP contribution in [0.25, 0.3) is 23.1 Å². The fraction of sp³-hybridized carbons (Fsp3) is 0.150. The highest BCUT2D eigenvalue weighted by Gasteiger charge is 1.99. The number of benzene rings is 2. The van der Waals surface area contributed by atoms with Crippen molar-refractivity contribution < 1.29 is 4.42 Å². The van der Waals surface area contributed by atoms with E-state index in [4.69, 9.17) is 10.2 Å². The molecule has 0 saturated heterocycles. The number of rotatable bonds is 1. The predicted molar refractivity (Wildman–Crippen MR) is 98.8 cm³/mol. The lowest BCUT2D eigenvalue weighted by atomic mass is 10.2. The number of fused-ring (bicyclic) bond motifs is 1. The number of aliphatic imine (C=N–C) groups is 1. The van der Waals surface area contributed by atoms with Crippen molar-refractivity contribution in [2.45, 2.75) is 13.8 Å². The number of hydrogen-bond donors (Lipinski definition) is 1. The summed E-state index contributed by atoms with van der Waals surface area (Å²) in [6.07, 6.45) is 0. The van der Waals surface area contributed by atoms with Crippen molar-refractivity contribution in [1.82, 2.24) is 0 Å². The molecule has 0 unspecified atom stereocenters. The minimum absolute atomic E-state index is 0.584. The summed E-state index contributed by atoms with van der Waals surface area (Å²) in [5, 5.41) is 2.11. The molecule has 0 aliphatic rings. The Hall–Kier alpha value is -2.81. The molecule has 0 radical (unpaired) electrons. The van der Waals surface area contributed by atoms with Crippen LogP contribution in [0.3, 0.4) is 0 Å². The Morgan fingerprint density at radius 2 is 1.61 bits per heavy atom. The molecule has 3 nitrogen and oxygen atoms in total. The van der Waals surface area contributed by atoms with Crippen molar-refractivity contribution in [2.75, 3.05) is 7.05 Å². The van der Waals surface area contributed by atoms with E-state index in [-0.39, 0.29) is 0 Å². The van der Waals surface area contributed by atoms with Crippen molar-refractivity contribution in [3.63, 3.8) is 0 Å². The summed E-state index contributed by atoms with van der Waals surface area (Å²) < 4.78 is 5.66. The fourth-order valence-electron chi connectivity index (χ4n) is 2.24. The summed E-state index contributed by atoms with van der Waals surface area (Å²) in [5.41, 5.74) is 9.53. The Morgan fingerprint density at radius 3 is 2.17 bits per heavy atom. The average Bonchev–Trinajstić information content (AvgIpc) is 2.93. The van der Waals surface area contributed by atoms with Gasteiger partial charge < -0.3 is 10.2 Å². The third kappa shape index (κ3) is 3.89. The van der Waals surface area contributed by atoms with Crippen LogP contribution in [-0.2, 0) is 0 Å². The van der Waals surface area contributed by atoms with Crippen LogP contribution in [0.5, 0.6) is 0 Å². The van der Waals surface area contributed by atoms with Crippen LogP contribution >= 0.6 is 0 Å². The second kappa shape index (κ2) is 7.45. The van der Waals surface area contributed by atoms with Crippen molar-refractivity contribution >= 4 is 29.0 Å². The van der Waals surface area contributed by atoms with Crippen molar-refractivity contribution in [3.8, 4) is 0 Å².